The molecule has 2 aromatic carbocycles. The molecule has 0 aromatic heterocycles. The second-order valence-corrected chi connectivity index (χ2v) is 8.80. The van der Waals surface area contributed by atoms with Gasteiger partial charge in [0.05, 0.1) is 0 Å². The maximum atomic E-state index is 10.8. The van der Waals surface area contributed by atoms with Crippen LogP contribution in [0.4, 0.5) is 0 Å². The summed E-state index contributed by atoms with van der Waals surface area (Å²) in [5.74, 6) is 0.973. The third-order valence-corrected chi connectivity index (χ3v) is 4.30. The zero-order valence-electron chi connectivity index (χ0n) is 16.4. The molecule has 0 aliphatic carbocycles. The first-order chi connectivity index (χ1) is 11.4. The molecule has 2 N–H and O–H groups in total. The summed E-state index contributed by atoms with van der Waals surface area (Å²) >= 11 is 0. The van der Waals surface area contributed by atoms with Crippen LogP contribution in [-0.2, 0) is 17.4 Å². The molecule has 3 heteroatoms. The van der Waals surface area contributed by atoms with E-state index in [1.807, 2.05) is 31.2 Å². The van der Waals surface area contributed by atoms with Crippen molar-refractivity contribution in [2.75, 3.05) is 0 Å². The van der Waals surface area contributed by atoms with E-state index in [1.54, 1.807) is 6.07 Å². The Bertz CT molecular complexity index is 727. The largest absolute Gasteiger partial charge is 0.507 e. The Labute approximate surface area is 151 Å². The lowest BCUT2D eigenvalue weighted by molar-refractivity contribution is 0.288. The van der Waals surface area contributed by atoms with E-state index in [0.29, 0.717) is 18.1 Å². The van der Waals surface area contributed by atoms with Gasteiger partial charge in [0.1, 0.15) is 12.4 Å². The maximum absolute atomic E-state index is 10.8. The number of aromatic hydroxyl groups is 2. The summed E-state index contributed by atoms with van der Waals surface area (Å²) in [6.07, 6.45) is 0. The SMILES string of the molecule is Cc1ccc(O)c(OCc2cc(C(C)(C)C)c(O)c(C(C)(C)C)c2)c1. The summed E-state index contributed by atoms with van der Waals surface area (Å²) in [5, 5.41) is 20.7. The zero-order valence-corrected chi connectivity index (χ0v) is 16.4. The molecular weight excluding hydrogens is 312 g/mol. The molecule has 0 heterocycles. The van der Waals surface area contributed by atoms with Gasteiger partial charge in [-0.3, -0.25) is 0 Å². The fourth-order valence-corrected chi connectivity index (χ4v) is 2.82. The average molecular weight is 342 g/mol. The van der Waals surface area contributed by atoms with Crippen molar-refractivity contribution in [3.05, 3.63) is 52.6 Å². The van der Waals surface area contributed by atoms with Gasteiger partial charge in [-0.05, 0) is 64.3 Å². The number of hydrogen-bond donors (Lipinski definition) is 2. The molecule has 0 aliphatic heterocycles. The van der Waals surface area contributed by atoms with Crippen LogP contribution in [0.3, 0.4) is 0 Å². The van der Waals surface area contributed by atoms with Gasteiger partial charge in [0.2, 0.25) is 0 Å². The van der Waals surface area contributed by atoms with E-state index in [9.17, 15) is 10.2 Å². The van der Waals surface area contributed by atoms with Crippen LogP contribution >= 0.6 is 0 Å². The molecule has 0 radical (unpaired) electrons. The number of aryl methyl sites for hydroxylation is 1. The van der Waals surface area contributed by atoms with Gasteiger partial charge in [0.25, 0.3) is 0 Å². The number of hydrogen-bond acceptors (Lipinski definition) is 3. The van der Waals surface area contributed by atoms with Crippen LogP contribution in [-0.4, -0.2) is 10.2 Å². The normalized spacial score (nSPS) is 12.3. The Balaban J connectivity index is 2.42. The summed E-state index contributed by atoms with van der Waals surface area (Å²) in [7, 11) is 0. The smallest absolute Gasteiger partial charge is 0.161 e. The van der Waals surface area contributed by atoms with Gasteiger partial charge in [-0.1, -0.05) is 47.6 Å². The number of benzene rings is 2. The molecule has 0 saturated heterocycles. The van der Waals surface area contributed by atoms with Crippen molar-refractivity contribution in [2.45, 2.75) is 65.9 Å². The first-order valence-corrected chi connectivity index (χ1v) is 8.69. The molecule has 0 bridgehead atoms. The molecule has 0 fully saturated rings. The Kier molecular flexibility index (Phi) is 5.08. The summed E-state index contributed by atoms with van der Waals surface area (Å²) in [5.41, 5.74) is 3.48. The Hall–Kier alpha value is -2.16. The van der Waals surface area contributed by atoms with Gasteiger partial charge >= 0.3 is 0 Å². The van der Waals surface area contributed by atoms with Crippen LogP contribution in [0.1, 0.15) is 63.8 Å². The van der Waals surface area contributed by atoms with Crippen LogP contribution in [0.25, 0.3) is 0 Å². The molecule has 3 nitrogen and oxygen atoms in total. The van der Waals surface area contributed by atoms with Crippen LogP contribution in [0, 0.1) is 6.92 Å². The molecule has 0 spiro atoms. The van der Waals surface area contributed by atoms with E-state index < -0.39 is 0 Å². The molecular formula is C22H30O3. The minimum Gasteiger partial charge on any atom is -0.507 e. The third kappa shape index (κ3) is 4.47. The van der Waals surface area contributed by atoms with Gasteiger partial charge in [0, 0.05) is 0 Å². The Morgan fingerprint density at radius 2 is 1.36 bits per heavy atom. The molecule has 0 unspecified atom stereocenters. The molecule has 2 rings (SSSR count). The van der Waals surface area contributed by atoms with E-state index in [0.717, 1.165) is 22.3 Å². The van der Waals surface area contributed by atoms with Gasteiger partial charge in [0.15, 0.2) is 11.5 Å². The molecule has 0 saturated carbocycles. The first kappa shape index (κ1) is 19.2. The second kappa shape index (κ2) is 6.62. The standard InChI is InChI=1S/C22H30O3/c1-14-8-9-18(23)19(10-14)25-13-15-11-16(21(2,3)4)20(24)17(12-15)22(5,6)7/h8-12,23-24H,13H2,1-7H3. The highest BCUT2D eigenvalue weighted by molar-refractivity contribution is 5.50. The maximum Gasteiger partial charge on any atom is 0.161 e. The zero-order chi connectivity index (χ0) is 19.0. The van der Waals surface area contributed by atoms with Crippen LogP contribution < -0.4 is 4.74 Å². The lowest BCUT2D eigenvalue weighted by atomic mass is 9.78. The van der Waals surface area contributed by atoms with Crippen molar-refractivity contribution in [1.82, 2.24) is 0 Å². The summed E-state index contributed by atoms with van der Waals surface area (Å²) in [4.78, 5) is 0. The quantitative estimate of drug-likeness (QED) is 0.765. The van der Waals surface area contributed by atoms with Crippen molar-refractivity contribution in [3.8, 4) is 17.2 Å². The van der Waals surface area contributed by atoms with Gasteiger partial charge in [-0.2, -0.15) is 0 Å². The van der Waals surface area contributed by atoms with Crippen molar-refractivity contribution in [2.24, 2.45) is 0 Å². The highest BCUT2D eigenvalue weighted by Crippen LogP contribution is 2.40. The summed E-state index contributed by atoms with van der Waals surface area (Å²) in [6.45, 7) is 14.8. The van der Waals surface area contributed by atoms with E-state index >= 15 is 0 Å². The van der Waals surface area contributed by atoms with Crippen LogP contribution in [0.5, 0.6) is 17.2 Å². The van der Waals surface area contributed by atoms with Crippen molar-refractivity contribution in [3.63, 3.8) is 0 Å². The van der Waals surface area contributed by atoms with Gasteiger partial charge in [-0.15, -0.1) is 0 Å². The highest BCUT2D eigenvalue weighted by Gasteiger charge is 2.26. The Morgan fingerprint density at radius 3 is 1.84 bits per heavy atom. The van der Waals surface area contributed by atoms with Gasteiger partial charge < -0.3 is 14.9 Å². The Morgan fingerprint density at radius 1 is 0.840 bits per heavy atom. The predicted octanol–water partition coefficient (Wildman–Crippen LogP) is 5.58. The third-order valence-electron chi connectivity index (χ3n) is 4.30. The van der Waals surface area contributed by atoms with E-state index in [-0.39, 0.29) is 16.6 Å². The highest BCUT2D eigenvalue weighted by atomic mass is 16.5. The van der Waals surface area contributed by atoms with E-state index in [1.165, 1.54) is 0 Å². The van der Waals surface area contributed by atoms with Gasteiger partial charge in [-0.25, -0.2) is 0 Å². The number of phenolic OH excluding ortho intramolecular Hbond substituents is 2. The number of phenols is 2. The minimum absolute atomic E-state index is 0.136. The molecule has 0 atom stereocenters. The summed E-state index contributed by atoms with van der Waals surface area (Å²) in [6, 6.07) is 9.31. The molecule has 0 aliphatic rings. The topological polar surface area (TPSA) is 49.7 Å². The second-order valence-electron chi connectivity index (χ2n) is 8.80. The number of rotatable bonds is 3. The molecule has 0 amide bonds. The average Bonchev–Trinajstić information content (AvgIpc) is 2.47. The fourth-order valence-electron chi connectivity index (χ4n) is 2.82. The van der Waals surface area contributed by atoms with Crippen LogP contribution in [0.2, 0.25) is 0 Å². The lowest BCUT2D eigenvalue weighted by Gasteiger charge is -2.28. The predicted molar refractivity (Wildman–Crippen MR) is 103 cm³/mol. The monoisotopic (exact) mass is 342 g/mol. The summed E-state index contributed by atoms with van der Waals surface area (Å²) < 4.78 is 5.85. The van der Waals surface area contributed by atoms with Crippen LogP contribution in [0.15, 0.2) is 30.3 Å². The molecule has 136 valence electrons. The number of ether oxygens (including phenoxy) is 1. The lowest BCUT2D eigenvalue weighted by Crippen LogP contribution is -2.18. The van der Waals surface area contributed by atoms with Crippen molar-refractivity contribution < 1.29 is 14.9 Å². The molecule has 25 heavy (non-hydrogen) atoms. The van der Waals surface area contributed by atoms with E-state index in [4.69, 9.17) is 4.74 Å². The van der Waals surface area contributed by atoms with E-state index in [2.05, 4.69) is 41.5 Å². The van der Waals surface area contributed by atoms with Crippen molar-refractivity contribution in [1.29, 1.82) is 0 Å². The fraction of sp³-hybridized carbons (Fsp3) is 0.455. The molecule has 2 aromatic rings. The minimum atomic E-state index is -0.175. The first-order valence-electron chi connectivity index (χ1n) is 8.69. The van der Waals surface area contributed by atoms with Crippen molar-refractivity contribution >= 4 is 0 Å².